The van der Waals surface area contributed by atoms with Gasteiger partial charge in [-0.05, 0) is 31.9 Å². The predicted molar refractivity (Wildman–Crippen MR) is 83.3 cm³/mol. The smallest absolute Gasteiger partial charge is 0.229 e. The highest BCUT2D eigenvalue weighted by Gasteiger charge is 2.21. The van der Waals surface area contributed by atoms with Gasteiger partial charge >= 0.3 is 0 Å². The summed E-state index contributed by atoms with van der Waals surface area (Å²) in [5.74, 6) is 1.05. The summed E-state index contributed by atoms with van der Waals surface area (Å²) in [5, 5.41) is 3.06. The van der Waals surface area contributed by atoms with Crippen molar-refractivity contribution in [1.29, 1.82) is 0 Å². The first-order chi connectivity index (χ1) is 9.49. The van der Waals surface area contributed by atoms with Crippen molar-refractivity contribution >= 4 is 17.4 Å². The highest BCUT2D eigenvalue weighted by atomic mass is 16.1. The fraction of sp³-hybridized carbons (Fsp3) is 0.500. The Morgan fingerprint density at radius 3 is 2.55 bits per heavy atom. The molecule has 4 heteroatoms. The van der Waals surface area contributed by atoms with Crippen molar-refractivity contribution in [3.05, 3.63) is 29.3 Å². The summed E-state index contributed by atoms with van der Waals surface area (Å²) in [5.41, 5.74) is 3.14. The number of hydrogen-bond acceptors (Lipinski definition) is 3. The number of aliphatic imine (C=N–C) groups is 1. The average Bonchev–Trinajstić information content (AvgIpc) is 2.79. The van der Waals surface area contributed by atoms with Crippen LogP contribution in [-0.2, 0) is 4.79 Å². The van der Waals surface area contributed by atoms with E-state index in [1.54, 1.807) is 0 Å². The van der Waals surface area contributed by atoms with E-state index in [2.05, 4.69) is 15.2 Å². The van der Waals surface area contributed by atoms with Crippen LogP contribution in [0.2, 0.25) is 0 Å². The average molecular weight is 273 g/mol. The normalized spacial score (nSPS) is 16.0. The fourth-order valence-electron chi connectivity index (χ4n) is 2.49. The second-order valence-corrected chi connectivity index (χ2v) is 5.53. The maximum Gasteiger partial charge on any atom is 0.229 e. The minimum absolute atomic E-state index is 0.0581. The molecule has 1 aliphatic rings. The number of carbonyl (C=O) groups excluding carboxylic acids is 1. The van der Waals surface area contributed by atoms with Crippen molar-refractivity contribution in [2.75, 3.05) is 25.0 Å². The maximum absolute atomic E-state index is 12.3. The van der Waals surface area contributed by atoms with E-state index in [0.29, 0.717) is 0 Å². The number of benzene rings is 1. The molecule has 108 valence electrons. The van der Waals surface area contributed by atoms with Crippen LogP contribution in [0.15, 0.2) is 23.2 Å². The number of nitrogens with one attached hydrogen (secondary N) is 1. The summed E-state index contributed by atoms with van der Waals surface area (Å²) in [6.45, 7) is 10.5. The molecule has 1 unspecified atom stereocenters. The molecule has 0 radical (unpaired) electrons. The van der Waals surface area contributed by atoms with Crippen molar-refractivity contribution in [3.63, 3.8) is 0 Å². The summed E-state index contributed by atoms with van der Waals surface area (Å²) in [6.07, 6.45) is 0. The van der Waals surface area contributed by atoms with Crippen molar-refractivity contribution in [2.24, 2.45) is 10.9 Å². The third kappa shape index (κ3) is 3.18. The lowest BCUT2D eigenvalue weighted by Gasteiger charge is -2.22. The molecule has 1 heterocycles. The van der Waals surface area contributed by atoms with Gasteiger partial charge in [-0.3, -0.25) is 9.79 Å². The van der Waals surface area contributed by atoms with Crippen LogP contribution in [0.5, 0.6) is 0 Å². The van der Waals surface area contributed by atoms with Gasteiger partial charge in [-0.2, -0.15) is 0 Å². The van der Waals surface area contributed by atoms with E-state index < -0.39 is 0 Å². The van der Waals surface area contributed by atoms with Gasteiger partial charge in [0.2, 0.25) is 5.91 Å². The van der Waals surface area contributed by atoms with E-state index in [4.69, 9.17) is 0 Å². The zero-order valence-corrected chi connectivity index (χ0v) is 12.7. The summed E-state index contributed by atoms with van der Waals surface area (Å²) in [6, 6.07) is 6.04. The minimum atomic E-state index is -0.0581. The molecule has 0 saturated heterocycles. The fourth-order valence-corrected chi connectivity index (χ4v) is 2.49. The first-order valence-corrected chi connectivity index (χ1v) is 7.12. The molecule has 0 fully saturated rings. The Kier molecular flexibility index (Phi) is 4.42. The lowest BCUT2D eigenvalue weighted by atomic mass is 10.1. The second kappa shape index (κ2) is 6.07. The molecule has 0 aliphatic carbocycles. The Hall–Kier alpha value is -1.84. The Morgan fingerprint density at radius 1 is 1.35 bits per heavy atom. The van der Waals surface area contributed by atoms with Crippen molar-refractivity contribution in [3.8, 4) is 0 Å². The molecule has 20 heavy (non-hydrogen) atoms. The molecular weight excluding hydrogens is 250 g/mol. The second-order valence-electron chi connectivity index (χ2n) is 5.53. The minimum Gasteiger partial charge on any atom is -0.358 e. The van der Waals surface area contributed by atoms with Crippen LogP contribution in [-0.4, -0.2) is 36.3 Å². The lowest BCUT2D eigenvalue weighted by molar-refractivity contribution is -0.119. The topological polar surface area (TPSA) is 44.7 Å². The van der Waals surface area contributed by atoms with Gasteiger partial charge in [0.15, 0.2) is 0 Å². The number of anilines is 1. The number of nitrogens with zero attached hydrogens (tertiary/aromatic N) is 2. The Balaban J connectivity index is 1.99. The number of aryl methyl sites for hydroxylation is 2. The van der Waals surface area contributed by atoms with Crippen molar-refractivity contribution < 1.29 is 4.79 Å². The van der Waals surface area contributed by atoms with Crippen LogP contribution in [0.4, 0.5) is 5.69 Å². The molecule has 1 aromatic rings. The van der Waals surface area contributed by atoms with Gasteiger partial charge in [-0.25, -0.2) is 0 Å². The first-order valence-electron chi connectivity index (χ1n) is 7.12. The molecule has 1 amide bonds. The van der Waals surface area contributed by atoms with Crippen molar-refractivity contribution in [2.45, 2.75) is 27.7 Å². The molecule has 0 saturated carbocycles. The molecule has 0 spiro atoms. The first kappa shape index (κ1) is 14.6. The molecule has 1 aliphatic heterocycles. The quantitative estimate of drug-likeness (QED) is 0.916. The summed E-state index contributed by atoms with van der Waals surface area (Å²) in [4.78, 5) is 18.9. The third-order valence-corrected chi connectivity index (χ3v) is 3.84. The molecular formula is C16H23N3O. The van der Waals surface area contributed by atoms with Gasteiger partial charge in [0.05, 0.1) is 18.3 Å². The zero-order chi connectivity index (χ0) is 14.7. The number of amides is 1. The van der Waals surface area contributed by atoms with Gasteiger partial charge in [0.1, 0.15) is 0 Å². The molecule has 4 nitrogen and oxygen atoms in total. The zero-order valence-electron chi connectivity index (χ0n) is 12.7. The maximum atomic E-state index is 12.3. The van der Waals surface area contributed by atoms with E-state index in [0.717, 1.165) is 42.3 Å². The lowest BCUT2D eigenvalue weighted by Crippen LogP contribution is -2.35. The van der Waals surface area contributed by atoms with E-state index in [1.165, 1.54) is 0 Å². The highest BCUT2D eigenvalue weighted by Crippen LogP contribution is 2.20. The molecule has 1 atom stereocenters. The van der Waals surface area contributed by atoms with Crippen molar-refractivity contribution in [1.82, 2.24) is 4.90 Å². The number of para-hydroxylation sites is 1. The molecule has 1 aromatic carbocycles. The number of hydrogen-bond donors (Lipinski definition) is 1. The summed E-state index contributed by atoms with van der Waals surface area (Å²) >= 11 is 0. The van der Waals surface area contributed by atoms with Gasteiger partial charge < -0.3 is 10.2 Å². The van der Waals surface area contributed by atoms with E-state index >= 15 is 0 Å². The third-order valence-electron chi connectivity index (χ3n) is 3.84. The van der Waals surface area contributed by atoms with E-state index in [-0.39, 0.29) is 11.8 Å². The molecule has 0 bridgehead atoms. The number of carbonyl (C=O) groups is 1. The Bertz CT molecular complexity index is 516. The van der Waals surface area contributed by atoms with Crippen LogP contribution < -0.4 is 5.32 Å². The highest BCUT2D eigenvalue weighted by molar-refractivity contribution is 5.94. The van der Waals surface area contributed by atoms with Crippen LogP contribution in [0.1, 0.15) is 25.0 Å². The van der Waals surface area contributed by atoms with Gasteiger partial charge in [0, 0.05) is 18.8 Å². The van der Waals surface area contributed by atoms with Gasteiger partial charge in [-0.15, -0.1) is 0 Å². The van der Waals surface area contributed by atoms with E-state index in [9.17, 15) is 4.79 Å². The Labute approximate surface area is 120 Å². The summed E-state index contributed by atoms with van der Waals surface area (Å²) in [7, 11) is 0. The van der Waals surface area contributed by atoms with Crippen LogP contribution in [0.3, 0.4) is 0 Å². The van der Waals surface area contributed by atoms with Gasteiger partial charge in [0.25, 0.3) is 0 Å². The SMILES string of the molecule is CC1=NCCN1CC(C)C(=O)Nc1c(C)cccc1C. The monoisotopic (exact) mass is 273 g/mol. The molecule has 2 rings (SSSR count). The molecule has 1 N–H and O–H groups in total. The number of amidine groups is 1. The van der Waals surface area contributed by atoms with Gasteiger partial charge in [-0.1, -0.05) is 25.1 Å². The Morgan fingerprint density at radius 2 is 2.00 bits per heavy atom. The standard InChI is InChI=1S/C16H23N3O/c1-11-6-5-7-12(2)15(11)18-16(20)13(3)10-19-9-8-17-14(19)4/h5-7,13H,8-10H2,1-4H3,(H,18,20). The largest absolute Gasteiger partial charge is 0.358 e. The van der Waals surface area contributed by atoms with E-state index in [1.807, 2.05) is 45.9 Å². The number of rotatable bonds is 4. The van der Waals surface area contributed by atoms with Crippen LogP contribution in [0.25, 0.3) is 0 Å². The predicted octanol–water partition coefficient (Wildman–Crippen LogP) is 2.61. The van der Waals surface area contributed by atoms with Crippen LogP contribution >= 0.6 is 0 Å². The van der Waals surface area contributed by atoms with Crippen LogP contribution in [0, 0.1) is 19.8 Å². The molecule has 0 aromatic heterocycles. The summed E-state index contributed by atoms with van der Waals surface area (Å²) < 4.78 is 0.